The molecule has 84 valence electrons. The molecule has 0 bridgehead atoms. The fourth-order valence-electron chi connectivity index (χ4n) is 0.842. The first-order valence-electron chi connectivity index (χ1n) is 4.54. The SMILES string of the molecule is CC(C)Oc1nc(Cl)nc(NCCO)n1. The molecule has 0 aliphatic rings. The van der Waals surface area contributed by atoms with Crippen molar-refractivity contribution in [1.82, 2.24) is 15.0 Å². The Morgan fingerprint density at radius 1 is 1.40 bits per heavy atom. The van der Waals surface area contributed by atoms with Gasteiger partial charge >= 0.3 is 6.01 Å². The topological polar surface area (TPSA) is 80.2 Å². The average Bonchev–Trinajstić information content (AvgIpc) is 2.12. The van der Waals surface area contributed by atoms with Gasteiger partial charge in [0.25, 0.3) is 0 Å². The van der Waals surface area contributed by atoms with E-state index in [9.17, 15) is 0 Å². The maximum atomic E-state index is 8.61. The van der Waals surface area contributed by atoms with Gasteiger partial charge in [-0.3, -0.25) is 0 Å². The summed E-state index contributed by atoms with van der Waals surface area (Å²) in [7, 11) is 0. The number of nitrogens with zero attached hydrogens (tertiary/aromatic N) is 3. The summed E-state index contributed by atoms with van der Waals surface area (Å²) in [4.78, 5) is 11.6. The second-order valence-electron chi connectivity index (χ2n) is 3.03. The zero-order valence-corrected chi connectivity index (χ0v) is 9.32. The van der Waals surface area contributed by atoms with Gasteiger partial charge in [0, 0.05) is 6.54 Å². The largest absolute Gasteiger partial charge is 0.461 e. The van der Waals surface area contributed by atoms with Crippen LogP contribution in [0.15, 0.2) is 0 Å². The molecular weight excluding hydrogens is 220 g/mol. The van der Waals surface area contributed by atoms with Gasteiger partial charge in [-0.1, -0.05) is 0 Å². The summed E-state index contributed by atoms with van der Waals surface area (Å²) in [6, 6.07) is 0.172. The molecule has 0 saturated heterocycles. The van der Waals surface area contributed by atoms with E-state index in [1.807, 2.05) is 13.8 Å². The van der Waals surface area contributed by atoms with E-state index in [0.717, 1.165) is 0 Å². The van der Waals surface area contributed by atoms with Gasteiger partial charge in [-0.15, -0.1) is 0 Å². The Morgan fingerprint density at radius 3 is 2.73 bits per heavy atom. The van der Waals surface area contributed by atoms with E-state index in [4.69, 9.17) is 21.4 Å². The van der Waals surface area contributed by atoms with Crippen LogP contribution in [-0.2, 0) is 0 Å². The van der Waals surface area contributed by atoms with Crippen molar-refractivity contribution in [2.45, 2.75) is 20.0 Å². The average molecular weight is 233 g/mol. The smallest absolute Gasteiger partial charge is 0.322 e. The molecule has 0 aliphatic heterocycles. The summed E-state index contributed by atoms with van der Waals surface area (Å²) in [5.74, 6) is 0.291. The van der Waals surface area contributed by atoms with E-state index < -0.39 is 0 Å². The molecule has 0 amide bonds. The van der Waals surface area contributed by atoms with Gasteiger partial charge in [0.1, 0.15) is 0 Å². The summed E-state index contributed by atoms with van der Waals surface area (Å²) in [6.45, 7) is 4.06. The Balaban J connectivity index is 2.75. The van der Waals surface area contributed by atoms with Gasteiger partial charge in [0.2, 0.25) is 11.2 Å². The Kier molecular flexibility index (Phi) is 4.51. The third-order valence-corrected chi connectivity index (χ3v) is 1.49. The zero-order chi connectivity index (χ0) is 11.3. The maximum absolute atomic E-state index is 8.61. The number of aliphatic hydroxyl groups excluding tert-OH is 1. The van der Waals surface area contributed by atoms with Crippen molar-refractivity contribution in [3.63, 3.8) is 0 Å². The monoisotopic (exact) mass is 232 g/mol. The van der Waals surface area contributed by atoms with Crippen LogP contribution in [-0.4, -0.2) is 39.3 Å². The molecule has 0 atom stereocenters. The van der Waals surface area contributed by atoms with E-state index in [-0.39, 0.29) is 24.0 Å². The van der Waals surface area contributed by atoms with E-state index >= 15 is 0 Å². The molecule has 2 N–H and O–H groups in total. The number of hydrogen-bond donors (Lipinski definition) is 2. The van der Waals surface area contributed by atoms with Crippen molar-refractivity contribution >= 4 is 17.5 Å². The number of aliphatic hydroxyl groups is 1. The highest BCUT2D eigenvalue weighted by Crippen LogP contribution is 2.12. The lowest BCUT2D eigenvalue weighted by molar-refractivity contribution is 0.221. The number of ether oxygens (including phenoxy) is 1. The lowest BCUT2D eigenvalue weighted by Crippen LogP contribution is -2.13. The number of nitrogens with one attached hydrogen (secondary N) is 1. The molecule has 0 radical (unpaired) electrons. The summed E-state index contributed by atoms with van der Waals surface area (Å²) < 4.78 is 5.27. The van der Waals surface area contributed by atoms with Crippen LogP contribution in [0.25, 0.3) is 0 Å². The minimum atomic E-state index is -0.0332. The molecular formula is C8H13ClN4O2. The van der Waals surface area contributed by atoms with Gasteiger partial charge in [-0.05, 0) is 25.4 Å². The van der Waals surface area contributed by atoms with Gasteiger partial charge in [-0.25, -0.2) is 0 Å². The van der Waals surface area contributed by atoms with Crippen LogP contribution in [0.1, 0.15) is 13.8 Å². The molecule has 1 heterocycles. The Hall–Kier alpha value is -1.14. The minimum Gasteiger partial charge on any atom is -0.461 e. The predicted octanol–water partition coefficient (Wildman–Crippen LogP) is 0.716. The highest BCUT2D eigenvalue weighted by molar-refractivity contribution is 6.28. The van der Waals surface area contributed by atoms with Crippen molar-refractivity contribution in [3.8, 4) is 6.01 Å². The van der Waals surface area contributed by atoms with Crippen LogP contribution < -0.4 is 10.1 Å². The lowest BCUT2D eigenvalue weighted by atomic mass is 10.5. The highest BCUT2D eigenvalue weighted by atomic mass is 35.5. The van der Waals surface area contributed by atoms with Crippen LogP contribution >= 0.6 is 11.6 Å². The summed E-state index contributed by atoms with van der Waals surface area (Å²) in [5, 5.41) is 11.4. The molecule has 6 nitrogen and oxygen atoms in total. The lowest BCUT2D eigenvalue weighted by Gasteiger charge is -2.08. The minimum absolute atomic E-state index is 0.0102. The van der Waals surface area contributed by atoms with Crippen molar-refractivity contribution < 1.29 is 9.84 Å². The van der Waals surface area contributed by atoms with Crippen LogP contribution in [0.2, 0.25) is 5.28 Å². The summed E-state index contributed by atoms with van der Waals surface area (Å²) >= 11 is 5.67. The van der Waals surface area contributed by atoms with Crippen LogP contribution in [0, 0.1) is 0 Å². The quantitative estimate of drug-likeness (QED) is 0.779. The fourth-order valence-corrected chi connectivity index (χ4v) is 0.995. The molecule has 0 unspecified atom stereocenters. The van der Waals surface area contributed by atoms with Crippen molar-refractivity contribution in [3.05, 3.63) is 5.28 Å². The van der Waals surface area contributed by atoms with Crippen molar-refractivity contribution in [2.75, 3.05) is 18.5 Å². The molecule has 0 aromatic carbocycles. The normalized spacial score (nSPS) is 10.5. The fraction of sp³-hybridized carbons (Fsp3) is 0.625. The summed E-state index contributed by atoms with van der Waals surface area (Å²) in [6.07, 6.45) is -0.0332. The van der Waals surface area contributed by atoms with E-state index in [1.54, 1.807) is 0 Å². The molecule has 0 spiro atoms. The second-order valence-corrected chi connectivity index (χ2v) is 3.37. The molecule has 0 saturated carbocycles. The van der Waals surface area contributed by atoms with Gasteiger partial charge in [0.15, 0.2) is 0 Å². The van der Waals surface area contributed by atoms with Crippen molar-refractivity contribution in [2.24, 2.45) is 0 Å². The van der Waals surface area contributed by atoms with Gasteiger partial charge in [0.05, 0.1) is 12.7 Å². The van der Waals surface area contributed by atoms with E-state index in [1.165, 1.54) is 0 Å². The number of halogens is 1. The van der Waals surface area contributed by atoms with Crippen LogP contribution in [0.5, 0.6) is 6.01 Å². The standard InChI is InChI=1S/C8H13ClN4O2/c1-5(2)15-8-12-6(9)11-7(13-8)10-3-4-14/h5,14H,3-4H2,1-2H3,(H,10,11,12,13). The molecule has 15 heavy (non-hydrogen) atoms. The molecule has 1 aromatic heterocycles. The third kappa shape index (κ3) is 4.26. The Morgan fingerprint density at radius 2 is 2.13 bits per heavy atom. The number of aromatic nitrogens is 3. The zero-order valence-electron chi connectivity index (χ0n) is 8.57. The second kappa shape index (κ2) is 5.67. The van der Waals surface area contributed by atoms with Crippen LogP contribution in [0.4, 0.5) is 5.95 Å². The molecule has 1 rings (SSSR count). The first-order valence-corrected chi connectivity index (χ1v) is 4.92. The van der Waals surface area contributed by atoms with E-state index in [2.05, 4.69) is 20.3 Å². The highest BCUT2D eigenvalue weighted by Gasteiger charge is 2.06. The first-order chi connectivity index (χ1) is 7.11. The van der Waals surface area contributed by atoms with Gasteiger partial charge in [-0.2, -0.15) is 15.0 Å². The molecule has 1 aromatic rings. The third-order valence-electron chi connectivity index (χ3n) is 1.32. The van der Waals surface area contributed by atoms with Crippen LogP contribution in [0.3, 0.4) is 0 Å². The molecule has 0 fully saturated rings. The van der Waals surface area contributed by atoms with E-state index in [0.29, 0.717) is 12.5 Å². The van der Waals surface area contributed by atoms with Crippen molar-refractivity contribution in [1.29, 1.82) is 0 Å². The number of anilines is 1. The summed E-state index contributed by atoms with van der Waals surface area (Å²) in [5.41, 5.74) is 0. The van der Waals surface area contributed by atoms with Gasteiger partial charge < -0.3 is 15.2 Å². The Labute approximate surface area is 92.7 Å². The first kappa shape index (κ1) is 11.9. The molecule has 7 heteroatoms. The number of hydrogen-bond acceptors (Lipinski definition) is 6. The predicted molar refractivity (Wildman–Crippen MR) is 56.2 cm³/mol. The maximum Gasteiger partial charge on any atom is 0.322 e. The Bertz CT molecular complexity index is 322. The number of rotatable bonds is 5. The molecule has 0 aliphatic carbocycles.